The second-order valence-electron chi connectivity index (χ2n) is 4.63. The molecule has 0 fully saturated rings. The molecule has 0 aliphatic carbocycles. The monoisotopic (exact) mass is 297 g/mol. The van der Waals surface area contributed by atoms with Gasteiger partial charge in [0, 0.05) is 5.39 Å². The maximum absolute atomic E-state index is 13.1. The minimum Gasteiger partial charge on any atom is -0.454 e. The van der Waals surface area contributed by atoms with Crippen molar-refractivity contribution in [1.29, 1.82) is 0 Å². The first-order valence-electron chi connectivity index (χ1n) is 6.57. The van der Waals surface area contributed by atoms with Crippen molar-refractivity contribution in [3.8, 4) is 0 Å². The van der Waals surface area contributed by atoms with E-state index in [4.69, 9.17) is 10.5 Å². The largest absolute Gasteiger partial charge is 0.454 e. The van der Waals surface area contributed by atoms with Crippen LogP contribution in [0.25, 0.3) is 10.9 Å². The summed E-state index contributed by atoms with van der Waals surface area (Å²) in [5.41, 5.74) is 6.66. The molecule has 3 rings (SSSR count). The third-order valence-corrected chi connectivity index (χ3v) is 3.07. The molecule has 0 bridgehead atoms. The van der Waals surface area contributed by atoms with E-state index in [1.54, 1.807) is 6.07 Å². The van der Waals surface area contributed by atoms with Crippen molar-refractivity contribution < 1.29 is 13.9 Å². The average Bonchev–Trinajstić information content (AvgIpc) is 2.53. The number of aromatic nitrogens is 2. The van der Waals surface area contributed by atoms with Gasteiger partial charge in [-0.15, -0.1) is 0 Å². The van der Waals surface area contributed by atoms with Gasteiger partial charge in [-0.1, -0.05) is 18.2 Å². The van der Waals surface area contributed by atoms with E-state index < -0.39 is 11.8 Å². The van der Waals surface area contributed by atoms with Crippen LogP contribution >= 0.6 is 0 Å². The highest BCUT2D eigenvalue weighted by molar-refractivity contribution is 5.89. The van der Waals surface area contributed by atoms with Gasteiger partial charge in [-0.25, -0.2) is 19.2 Å². The summed E-state index contributed by atoms with van der Waals surface area (Å²) in [6, 6.07) is 12.6. The first kappa shape index (κ1) is 13.9. The Balaban J connectivity index is 1.78. The van der Waals surface area contributed by atoms with Gasteiger partial charge in [-0.3, -0.25) is 0 Å². The third-order valence-electron chi connectivity index (χ3n) is 3.07. The van der Waals surface area contributed by atoms with Gasteiger partial charge < -0.3 is 10.5 Å². The summed E-state index contributed by atoms with van der Waals surface area (Å²) in [5.74, 6) is -0.529. The lowest BCUT2D eigenvalue weighted by molar-refractivity contribution is 0.0462. The van der Waals surface area contributed by atoms with Crippen LogP contribution in [0.3, 0.4) is 0 Å². The molecule has 0 aliphatic heterocycles. The Morgan fingerprint density at radius 2 is 1.95 bits per heavy atom. The zero-order valence-electron chi connectivity index (χ0n) is 11.5. The molecule has 22 heavy (non-hydrogen) atoms. The molecule has 3 aromatic rings. The third kappa shape index (κ3) is 2.85. The summed E-state index contributed by atoms with van der Waals surface area (Å²) in [5, 5.41) is 0.739. The van der Waals surface area contributed by atoms with Crippen LogP contribution in [-0.2, 0) is 11.3 Å². The Hall–Kier alpha value is -3.02. The average molecular weight is 297 g/mol. The fourth-order valence-electron chi connectivity index (χ4n) is 2.04. The van der Waals surface area contributed by atoms with Crippen molar-refractivity contribution in [2.24, 2.45) is 0 Å². The smallest absolute Gasteiger partial charge is 0.338 e. The number of fused-ring (bicyclic) bond motifs is 1. The fraction of sp³-hybridized carbons (Fsp3) is 0.0625. The summed E-state index contributed by atoms with van der Waals surface area (Å²) >= 11 is 0. The SMILES string of the molecule is Nc1nc(COC(=O)c2cccc(F)c2)nc2ccccc12. The van der Waals surface area contributed by atoms with Crippen LogP contribution in [-0.4, -0.2) is 15.9 Å². The second kappa shape index (κ2) is 5.77. The van der Waals surface area contributed by atoms with Gasteiger partial charge >= 0.3 is 5.97 Å². The molecular formula is C16H12FN3O2. The number of carbonyl (C=O) groups excluding carboxylic acids is 1. The number of para-hydroxylation sites is 1. The minimum absolute atomic E-state index is 0.133. The fourth-order valence-corrected chi connectivity index (χ4v) is 2.04. The van der Waals surface area contributed by atoms with Gasteiger partial charge in [-0.05, 0) is 30.3 Å². The van der Waals surface area contributed by atoms with E-state index in [2.05, 4.69) is 9.97 Å². The van der Waals surface area contributed by atoms with E-state index in [9.17, 15) is 9.18 Å². The molecule has 0 unspecified atom stereocenters. The number of rotatable bonds is 3. The van der Waals surface area contributed by atoms with Crippen molar-refractivity contribution in [2.75, 3.05) is 5.73 Å². The van der Waals surface area contributed by atoms with Crippen LogP contribution in [0.4, 0.5) is 10.2 Å². The lowest BCUT2D eigenvalue weighted by Crippen LogP contribution is -2.09. The second-order valence-corrected chi connectivity index (χ2v) is 4.63. The zero-order valence-corrected chi connectivity index (χ0v) is 11.5. The molecule has 0 saturated heterocycles. The van der Waals surface area contributed by atoms with Crippen molar-refractivity contribution in [1.82, 2.24) is 9.97 Å². The number of carbonyl (C=O) groups is 1. The maximum Gasteiger partial charge on any atom is 0.338 e. The number of esters is 1. The maximum atomic E-state index is 13.1. The van der Waals surface area contributed by atoms with Crippen LogP contribution in [0.15, 0.2) is 48.5 Å². The van der Waals surface area contributed by atoms with E-state index in [-0.39, 0.29) is 12.2 Å². The summed E-state index contributed by atoms with van der Waals surface area (Å²) < 4.78 is 18.2. The highest BCUT2D eigenvalue weighted by Gasteiger charge is 2.10. The topological polar surface area (TPSA) is 78.1 Å². The van der Waals surface area contributed by atoms with Gasteiger partial charge in [0.2, 0.25) is 0 Å². The van der Waals surface area contributed by atoms with E-state index >= 15 is 0 Å². The molecule has 0 aliphatic rings. The first-order chi connectivity index (χ1) is 10.6. The van der Waals surface area contributed by atoms with Crippen LogP contribution in [0.2, 0.25) is 0 Å². The molecular weight excluding hydrogens is 285 g/mol. The van der Waals surface area contributed by atoms with Crippen molar-refractivity contribution in [2.45, 2.75) is 6.61 Å². The van der Waals surface area contributed by atoms with Crippen LogP contribution in [0, 0.1) is 5.82 Å². The van der Waals surface area contributed by atoms with E-state index in [1.165, 1.54) is 18.2 Å². The predicted octanol–water partition coefficient (Wildman–Crippen LogP) is 2.71. The zero-order chi connectivity index (χ0) is 15.5. The van der Waals surface area contributed by atoms with Gasteiger partial charge in [0.25, 0.3) is 0 Å². The Kier molecular flexibility index (Phi) is 3.65. The summed E-state index contributed by atoms with van der Waals surface area (Å²) in [7, 11) is 0. The van der Waals surface area contributed by atoms with Gasteiger partial charge in [0.05, 0.1) is 11.1 Å². The van der Waals surface area contributed by atoms with Crippen molar-refractivity contribution in [3.63, 3.8) is 0 Å². The van der Waals surface area contributed by atoms with Gasteiger partial charge in [-0.2, -0.15) is 0 Å². The van der Waals surface area contributed by atoms with Gasteiger partial charge in [0.1, 0.15) is 11.6 Å². The number of benzene rings is 2. The van der Waals surface area contributed by atoms with E-state index in [0.29, 0.717) is 17.2 Å². The molecule has 6 heteroatoms. The van der Waals surface area contributed by atoms with Crippen LogP contribution in [0.1, 0.15) is 16.2 Å². The Morgan fingerprint density at radius 3 is 2.77 bits per heavy atom. The van der Waals surface area contributed by atoms with Crippen LogP contribution in [0.5, 0.6) is 0 Å². The number of hydrogen-bond donors (Lipinski definition) is 1. The molecule has 1 heterocycles. The van der Waals surface area contributed by atoms with Crippen molar-refractivity contribution >= 4 is 22.7 Å². The number of hydrogen-bond acceptors (Lipinski definition) is 5. The highest BCUT2D eigenvalue weighted by atomic mass is 19.1. The number of ether oxygens (including phenoxy) is 1. The quantitative estimate of drug-likeness (QED) is 0.752. The number of halogens is 1. The van der Waals surface area contributed by atoms with E-state index in [0.717, 1.165) is 11.5 Å². The number of nitrogen functional groups attached to an aromatic ring is 1. The molecule has 2 aromatic carbocycles. The molecule has 2 N–H and O–H groups in total. The summed E-state index contributed by atoms with van der Waals surface area (Å²) in [6.45, 7) is -0.135. The molecule has 0 saturated carbocycles. The van der Waals surface area contributed by atoms with Gasteiger partial charge in [0.15, 0.2) is 12.4 Å². The number of anilines is 1. The molecule has 5 nitrogen and oxygen atoms in total. The Morgan fingerprint density at radius 1 is 1.14 bits per heavy atom. The lowest BCUT2D eigenvalue weighted by atomic mass is 10.2. The minimum atomic E-state index is -0.644. The van der Waals surface area contributed by atoms with Crippen molar-refractivity contribution in [3.05, 3.63) is 65.7 Å². The first-order valence-corrected chi connectivity index (χ1v) is 6.57. The molecule has 0 radical (unpaired) electrons. The highest BCUT2D eigenvalue weighted by Crippen LogP contribution is 2.17. The lowest BCUT2D eigenvalue weighted by Gasteiger charge is -2.06. The molecule has 0 spiro atoms. The van der Waals surface area contributed by atoms with Crippen LogP contribution < -0.4 is 5.73 Å². The number of nitrogens with two attached hydrogens (primary N) is 1. The Bertz CT molecular complexity index is 852. The Labute approximate surface area is 125 Å². The normalized spacial score (nSPS) is 10.6. The standard InChI is InChI=1S/C16H12FN3O2/c17-11-5-3-4-10(8-11)16(21)22-9-14-19-13-7-2-1-6-12(13)15(18)20-14/h1-8H,9H2,(H2,18,19,20). The molecule has 0 atom stereocenters. The molecule has 110 valence electrons. The summed E-state index contributed by atoms with van der Waals surface area (Å²) in [6.07, 6.45) is 0. The molecule has 0 amide bonds. The summed E-state index contributed by atoms with van der Waals surface area (Å²) in [4.78, 5) is 20.2. The molecule has 1 aromatic heterocycles. The predicted molar refractivity (Wildman–Crippen MR) is 79.5 cm³/mol. The number of nitrogens with zero attached hydrogens (tertiary/aromatic N) is 2. The van der Waals surface area contributed by atoms with E-state index in [1.807, 2.05) is 18.2 Å².